The molecule has 0 unspecified atom stereocenters. The second-order valence-corrected chi connectivity index (χ2v) is 7.94. The van der Waals surface area contributed by atoms with Gasteiger partial charge in [0.15, 0.2) is 5.76 Å². The van der Waals surface area contributed by atoms with Gasteiger partial charge in [0.25, 0.3) is 5.91 Å². The summed E-state index contributed by atoms with van der Waals surface area (Å²) in [6, 6.07) is 0. The summed E-state index contributed by atoms with van der Waals surface area (Å²) in [7, 11) is 0. The second kappa shape index (κ2) is 8.86. The van der Waals surface area contributed by atoms with Crippen LogP contribution in [0.5, 0.6) is 0 Å². The first kappa shape index (κ1) is 19.3. The summed E-state index contributed by atoms with van der Waals surface area (Å²) in [6.45, 7) is 8.93. The molecule has 1 N–H and O–H groups in total. The Hall–Kier alpha value is -1.07. The zero-order chi connectivity index (χ0) is 17.6. The van der Waals surface area contributed by atoms with Crippen molar-refractivity contribution in [2.45, 2.75) is 65.6 Å². The average molecular weight is 339 g/mol. The molecule has 2 rings (SSSR count). The van der Waals surface area contributed by atoms with Crippen LogP contribution in [0.15, 0.2) is 11.8 Å². The summed E-state index contributed by atoms with van der Waals surface area (Å²) in [4.78, 5) is 14.7. The Bertz CT molecular complexity index is 435. The third kappa shape index (κ3) is 5.49. The lowest BCUT2D eigenvalue weighted by molar-refractivity contribution is -0.158. The molecule has 24 heavy (non-hydrogen) atoms. The lowest BCUT2D eigenvalue weighted by Crippen LogP contribution is -2.40. The molecule has 5 heteroatoms. The number of hydrogen-bond acceptors (Lipinski definition) is 4. The first-order valence-corrected chi connectivity index (χ1v) is 9.32. The van der Waals surface area contributed by atoms with Gasteiger partial charge in [-0.25, -0.2) is 0 Å². The second-order valence-electron chi connectivity index (χ2n) is 7.94. The van der Waals surface area contributed by atoms with Crippen LogP contribution in [-0.4, -0.2) is 48.5 Å². The highest BCUT2D eigenvalue weighted by molar-refractivity contribution is 5.91. The molecule has 0 spiro atoms. The van der Waals surface area contributed by atoms with Crippen molar-refractivity contribution in [3.05, 3.63) is 11.8 Å². The van der Waals surface area contributed by atoms with E-state index in [0.29, 0.717) is 12.4 Å². The zero-order valence-corrected chi connectivity index (χ0v) is 15.4. The first-order valence-electron chi connectivity index (χ1n) is 9.32. The van der Waals surface area contributed by atoms with Crippen LogP contribution in [0.1, 0.15) is 59.3 Å². The molecule has 1 fully saturated rings. The normalized spacial score (nSPS) is 25.2. The highest BCUT2D eigenvalue weighted by Gasteiger charge is 2.35. The summed E-state index contributed by atoms with van der Waals surface area (Å²) >= 11 is 0. The fourth-order valence-corrected chi connectivity index (χ4v) is 3.20. The SMILES string of the molecule is CC(C)(C)[C@@H]1C=C(C(=O)N2CCCCC2)O[C@H](OCCCCO)C1. The van der Waals surface area contributed by atoms with Gasteiger partial charge in [0, 0.05) is 26.1 Å². The Labute approximate surface area is 146 Å². The highest BCUT2D eigenvalue weighted by Crippen LogP contribution is 2.37. The maximum Gasteiger partial charge on any atom is 0.288 e. The molecule has 2 heterocycles. The van der Waals surface area contributed by atoms with Crippen LogP contribution in [0.4, 0.5) is 0 Å². The summed E-state index contributed by atoms with van der Waals surface area (Å²) in [5.41, 5.74) is 0.0594. The Morgan fingerprint density at radius 3 is 2.62 bits per heavy atom. The fraction of sp³-hybridized carbons (Fsp3) is 0.842. The largest absolute Gasteiger partial charge is 0.459 e. The van der Waals surface area contributed by atoms with Crippen molar-refractivity contribution in [1.29, 1.82) is 0 Å². The molecule has 0 bridgehead atoms. The minimum absolute atomic E-state index is 0.00704. The molecule has 0 saturated carbocycles. The van der Waals surface area contributed by atoms with Crippen molar-refractivity contribution in [3.63, 3.8) is 0 Å². The van der Waals surface area contributed by atoms with E-state index in [0.717, 1.165) is 45.2 Å². The number of aliphatic hydroxyl groups is 1. The van der Waals surface area contributed by atoms with E-state index in [1.54, 1.807) is 0 Å². The summed E-state index contributed by atoms with van der Waals surface area (Å²) in [5.74, 6) is 0.709. The molecule has 0 aliphatic carbocycles. The number of nitrogens with zero attached hydrogens (tertiary/aromatic N) is 1. The topological polar surface area (TPSA) is 59.0 Å². The van der Waals surface area contributed by atoms with Crippen LogP contribution in [0, 0.1) is 11.3 Å². The summed E-state index contributed by atoms with van der Waals surface area (Å²) in [6.07, 6.45) is 7.27. The van der Waals surface area contributed by atoms with Gasteiger partial charge in [-0.1, -0.05) is 20.8 Å². The van der Waals surface area contributed by atoms with Gasteiger partial charge in [-0.05, 0) is 49.5 Å². The quantitative estimate of drug-likeness (QED) is 0.756. The molecule has 138 valence electrons. The van der Waals surface area contributed by atoms with Gasteiger partial charge in [-0.15, -0.1) is 0 Å². The lowest BCUT2D eigenvalue weighted by atomic mass is 9.77. The maximum absolute atomic E-state index is 12.8. The molecule has 0 aromatic rings. The number of carbonyl (C=O) groups excluding carboxylic acids is 1. The lowest BCUT2D eigenvalue weighted by Gasteiger charge is -2.37. The third-order valence-electron chi connectivity index (χ3n) is 4.88. The van der Waals surface area contributed by atoms with Crippen molar-refractivity contribution in [1.82, 2.24) is 4.90 Å². The van der Waals surface area contributed by atoms with Gasteiger partial charge >= 0.3 is 0 Å². The van der Waals surface area contributed by atoms with Crippen LogP contribution in [0.25, 0.3) is 0 Å². The molecule has 1 saturated heterocycles. The van der Waals surface area contributed by atoms with Crippen LogP contribution >= 0.6 is 0 Å². The molecular formula is C19H33NO4. The Balaban J connectivity index is 2.03. The number of amides is 1. The molecule has 2 atom stereocenters. The standard InChI is InChI=1S/C19H33NO4/c1-19(2,3)15-13-16(18(22)20-9-5-4-6-10-20)24-17(14-15)23-12-8-7-11-21/h13,15,17,21H,4-12,14H2,1-3H3/t15-,17+/m1/s1. The number of carbonyl (C=O) groups is 1. The van der Waals surface area contributed by atoms with Crippen LogP contribution < -0.4 is 0 Å². The number of ether oxygens (including phenoxy) is 2. The van der Waals surface area contributed by atoms with Gasteiger partial charge < -0.3 is 19.5 Å². The highest BCUT2D eigenvalue weighted by atomic mass is 16.7. The Kier molecular flexibility index (Phi) is 7.11. The number of rotatable bonds is 6. The molecular weight excluding hydrogens is 306 g/mol. The monoisotopic (exact) mass is 339 g/mol. The van der Waals surface area contributed by atoms with Gasteiger partial charge in [-0.2, -0.15) is 0 Å². The van der Waals surface area contributed by atoms with E-state index in [1.165, 1.54) is 6.42 Å². The number of unbranched alkanes of at least 4 members (excludes halogenated alkanes) is 1. The Morgan fingerprint density at radius 2 is 2.00 bits per heavy atom. The van der Waals surface area contributed by atoms with Gasteiger partial charge in [-0.3, -0.25) is 4.79 Å². The number of aliphatic hydroxyl groups excluding tert-OH is 1. The van der Waals surface area contributed by atoms with Crippen molar-refractivity contribution < 1.29 is 19.4 Å². The van der Waals surface area contributed by atoms with Crippen molar-refractivity contribution in [2.75, 3.05) is 26.3 Å². The average Bonchev–Trinajstić information content (AvgIpc) is 2.58. The molecule has 0 aromatic heterocycles. The minimum Gasteiger partial charge on any atom is -0.459 e. The summed E-state index contributed by atoms with van der Waals surface area (Å²) in [5, 5.41) is 8.86. The number of hydrogen-bond donors (Lipinski definition) is 1. The smallest absolute Gasteiger partial charge is 0.288 e. The number of piperidine rings is 1. The molecule has 1 amide bonds. The molecule has 0 aromatic carbocycles. The molecule has 5 nitrogen and oxygen atoms in total. The van der Waals surface area contributed by atoms with E-state index in [1.807, 2.05) is 11.0 Å². The maximum atomic E-state index is 12.8. The summed E-state index contributed by atoms with van der Waals surface area (Å²) < 4.78 is 11.7. The van der Waals surface area contributed by atoms with E-state index >= 15 is 0 Å². The van der Waals surface area contributed by atoms with E-state index in [-0.39, 0.29) is 30.1 Å². The fourth-order valence-electron chi connectivity index (χ4n) is 3.20. The number of allylic oxidation sites excluding steroid dienone is 1. The van der Waals surface area contributed by atoms with E-state index < -0.39 is 0 Å². The van der Waals surface area contributed by atoms with Crippen molar-refractivity contribution >= 4 is 5.91 Å². The molecule has 2 aliphatic heterocycles. The van der Waals surface area contributed by atoms with Gasteiger partial charge in [0.1, 0.15) is 0 Å². The van der Waals surface area contributed by atoms with Crippen molar-refractivity contribution in [2.24, 2.45) is 11.3 Å². The van der Waals surface area contributed by atoms with Crippen molar-refractivity contribution in [3.8, 4) is 0 Å². The van der Waals surface area contributed by atoms with E-state index in [2.05, 4.69) is 20.8 Å². The van der Waals surface area contributed by atoms with E-state index in [4.69, 9.17) is 14.6 Å². The molecule has 2 aliphatic rings. The van der Waals surface area contributed by atoms with Gasteiger partial charge in [0.2, 0.25) is 6.29 Å². The predicted molar refractivity (Wildman–Crippen MR) is 93.2 cm³/mol. The number of likely N-dealkylation sites (tertiary alicyclic amines) is 1. The Morgan fingerprint density at radius 1 is 1.29 bits per heavy atom. The van der Waals surface area contributed by atoms with Gasteiger partial charge in [0.05, 0.1) is 6.61 Å². The first-order chi connectivity index (χ1) is 11.4. The van der Waals surface area contributed by atoms with Crippen LogP contribution in [0.2, 0.25) is 0 Å². The minimum atomic E-state index is -0.373. The third-order valence-corrected chi connectivity index (χ3v) is 4.88. The van der Waals surface area contributed by atoms with E-state index in [9.17, 15) is 4.79 Å². The molecule has 0 radical (unpaired) electrons. The van der Waals surface area contributed by atoms with Crippen LogP contribution in [0.3, 0.4) is 0 Å². The van der Waals surface area contributed by atoms with Crippen LogP contribution in [-0.2, 0) is 14.3 Å². The predicted octanol–water partition coefficient (Wildman–Crippen LogP) is 3.08. The zero-order valence-electron chi connectivity index (χ0n) is 15.4.